The SMILES string of the molecule is Cc1csc(C2CCN(Cc3cc(-c4cnn(C)c4)no3)CC2)n1. The molecule has 1 saturated heterocycles. The molecule has 0 aliphatic carbocycles. The van der Waals surface area contributed by atoms with E-state index in [1.807, 2.05) is 25.5 Å². The van der Waals surface area contributed by atoms with Crippen LogP contribution in [0.4, 0.5) is 0 Å². The Bertz CT molecular complexity index is 812. The number of rotatable bonds is 4. The topological polar surface area (TPSA) is 60.0 Å². The Morgan fingerprint density at radius 2 is 2.17 bits per heavy atom. The third kappa shape index (κ3) is 3.27. The van der Waals surface area contributed by atoms with Crippen LogP contribution in [0.3, 0.4) is 0 Å². The number of nitrogens with zero attached hydrogens (tertiary/aromatic N) is 5. The number of thiazole rings is 1. The molecule has 0 unspecified atom stereocenters. The molecule has 0 aromatic carbocycles. The summed E-state index contributed by atoms with van der Waals surface area (Å²) in [7, 11) is 1.90. The lowest BCUT2D eigenvalue weighted by Gasteiger charge is -2.30. The molecular weight excluding hydrogens is 322 g/mol. The summed E-state index contributed by atoms with van der Waals surface area (Å²) >= 11 is 1.80. The molecule has 7 heteroatoms. The van der Waals surface area contributed by atoms with Crippen LogP contribution in [0.2, 0.25) is 0 Å². The van der Waals surface area contributed by atoms with Crippen LogP contribution in [0.1, 0.15) is 35.2 Å². The van der Waals surface area contributed by atoms with E-state index >= 15 is 0 Å². The zero-order valence-electron chi connectivity index (χ0n) is 14.0. The summed E-state index contributed by atoms with van der Waals surface area (Å²) in [6.45, 7) is 5.04. The number of hydrogen-bond donors (Lipinski definition) is 0. The van der Waals surface area contributed by atoms with Crippen molar-refractivity contribution in [1.82, 2.24) is 24.8 Å². The minimum Gasteiger partial charge on any atom is -0.359 e. The van der Waals surface area contributed by atoms with Crippen molar-refractivity contribution in [3.63, 3.8) is 0 Å². The molecule has 3 aromatic heterocycles. The van der Waals surface area contributed by atoms with Gasteiger partial charge in [-0.3, -0.25) is 9.58 Å². The number of aryl methyl sites for hydroxylation is 2. The van der Waals surface area contributed by atoms with Gasteiger partial charge in [-0.2, -0.15) is 5.10 Å². The third-order valence-corrected chi connectivity index (χ3v) is 5.64. The van der Waals surface area contributed by atoms with Crippen molar-refractivity contribution in [2.75, 3.05) is 13.1 Å². The molecule has 24 heavy (non-hydrogen) atoms. The summed E-state index contributed by atoms with van der Waals surface area (Å²) in [5.41, 5.74) is 2.98. The van der Waals surface area contributed by atoms with Gasteiger partial charge in [0.05, 0.1) is 17.7 Å². The Morgan fingerprint density at radius 3 is 2.83 bits per heavy atom. The Balaban J connectivity index is 1.35. The second kappa shape index (κ2) is 6.49. The Kier molecular flexibility index (Phi) is 4.20. The highest BCUT2D eigenvalue weighted by molar-refractivity contribution is 7.09. The van der Waals surface area contributed by atoms with E-state index in [0.717, 1.165) is 55.2 Å². The zero-order chi connectivity index (χ0) is 16.5. The molecule has 0 saturated carbocycles. The van der Waals surface area contributed by atoms with Gasteiger partial charge in [-0.1, -0.05) is 5.16 Å². The van der Waals surface area contributed by atoms with Crippen molar-refractivity contribution in [1.29, 1.82) is 0 Å². The first kappa shape index (κ1) is 15.5. The molecule has 4 rings (SSSR count). The Hall–Kier alpha value is -1.99. The second-order valence-electron chi connectivity index (χ2n) is 6.46. The maximum atomic E-state index is 5.51. The number of aromatic nitrogens is 4. The van der Waals surface area contributed by atoms with E-state index in [2.05, 4.69) is 32.4 Å². The van der Waals surface area contributed by atoms with Crippen molar-refractivity contribution in [2.24, 2.45) is 7.05 Å². The van der Waals surface area contributed by atoms with Gasteiger partial charge in [0.1, 0.15) is 5.69 Å². The van der Waals surface area contributed by atoms with Gasteiger partial charge in [-0.15, -0.1) is 11.3 Å². The molecule has 0 bridgehead atoms. The van der Waals surface area contributed by atoms with Gasteiger partial charge in [-0.25, -0.2) is 4.98 Å². The van der Waals surface area contributed by atoms with Gasteiger partial charge < -0.3 is 4.52 Å². The van der Waals surface area contributed by atoms with Gasteiger partial charge in [0.2, 0.25) is 0 Å². The highest BCUT2D eigenvalue weighted by atomic mass is 32.1. The minimum atomic E-state index is 0.612. The molecule has 1 aliphatic rings. The lowest BCUT2D eigenvalue weighted by atomic mass is 9.97. The summed E-state index contributed by atoms with van der Waals surface area (Å²) in [6.07, 6.45) is 6.08. The molecule has 126 valence electrons. The number of piperidine rings is 1. The van der Waals surface area contributed by atoms with E-state index in [1.54, 1.807) is 16.0 Å². The van der Waals surface area contributed by atoms with E-state index in [1.165, 1.54) is 5.01 Å². The average Bonchev–Trinajstić information content (AvgIpc) is 3.30. The van der Waals surface area contributed by atoms with Crippen LogP contribution in [-0.2, 0) is 13.6 Å². The molecule has 0 N–H and O–H groups in total. The van der Waals surface area contributed by atoms with Crippen LogP contribution in [0.5, 0.6) is 0 Å². The van der Waals surface area contributed by atoms with Gasteiger partial charge in [0.15, 0.2) is 5.76 Å². The number of hydrogen-bond acceptors (Lipinski definition) is 6. The van der Waals surface area contributed by atoms with Crippen molar-refractivity contribution >= 4 is 11.3 Å². The first-order valence-corrected chi connectivity index (χ1v) is 9.14. The van der Waals surface area contributed by atoms with E-state index in [-0.39, 0.29) is 0 Å². The second-order valence-corrected chi connectivity index (χ2v) is 7.35. The minimum absolute atomic E-state index is 0.612. The fraction of sp³-hybridized carbons (Fsp3) is 0.471. The lowest BCUT2D eigenvalue weighted by Crippen LogP contribution is -2.32. The monoisotopic (exact) mass is 343 g/mol. The summed E-state index contributed by atoms with van der Waals surface area (Å²) in [4.78, 5) is 7.08. The van der Waals surface area contributed by atoms with E-state index in [4.69, 9.17) is 4.52 Å². The molecule has 0 radical (unpaired) electrons. The van der Waals surface area contributed by atoms with Gasteiger partial charge >= 0.3 is 0 Å². The molecular formula is C17H21N5OS. The molecule has 0 atom stereocenters. The van der Waals surface area contributed by atoms with Crippen LogP contribution >= 0.6 is 11.3 Å². The molecule has 1 aliphatic heterocycles. The van der Waals surface area contributed by atoms with Crippen LogP contribution in [0.15, 0.2) is 28.4 Å². The van der Waals surface area contributed by atoms with Crippen LogP contribution in [-0.4, -0.2) is 37.9 Å². The quantitative estimate of drug-likeness (QED) is 0.728. The van der Waals surface area contributed by atoms with Gasteiger partial charge in [0.25, 0.3) is 0 Å². The number of likely N-dealkylation sites (tertiary alicyclic amines) is 1. The van der Waals surface area contributed by atoms with Crippen LogP contribution in [0, 0.1) is 6.92 Å². The predicted octanol–water partition coefficient (Wildman–Crippen LogP) is 3.22. The first-order chi connectivity index (χ1) is 11.7. The maximum absolute atomic E-state index is 5.51. The summed E-state index contributed by atoms with van der Waals surface area (Å²) < 4.78 is 7.28. The highest BCUT2D eigenvalue weighted by Gasteiger charge is 2.23. The lowest BCUT2D eigenvalue weighted by molar-refractivity contribution is 0.184. The van der Waals surface area contributed by atoms with Crippen LogP contribution in [0.25, 0.3) is 11.3 Å². The Labute approximate surface area is 145 Å². The summed E-state index contributed by atoms with van der Waals surface area (Å²) in [5.74, 6) is 1.53. The molecule has 4 heterocycles. The first-order valence-electron chi connectivity index (χ1n) is 8.26. The molecule has 0 spiro atoms. The summed E-state index contributed by atoms with van der Waals surface area (Å²) in [5, 5.41) is 11.8. The van der Waals surface area contributed by atoms with E-state index < -0.39 is 0 Å². The van der Waals surface area contributed by atoms with Crippen molar-refractivity contribution in [3.05, 3.63) is 40.3 Å². The predicted molar refractivity (Wildman–Crippen MR) is 92.8 cm³/mol. The van der Waals surface area contributed by atoms with E-state index in [9.17, 15) is 0 Å². The Morgan fingerprint density at radius 1 is 1.33 bits per heavy atom. The molecule has 0 amide bonds. The smallest absolute Gasteiger partial charge is 0.151 e. The fourth-order valence-corrected chi connectivity index (χ4v) is 4.16. The zero-order valence-corrected chi connectivity index (χ0v) is 14.8. The maximum Gasteiger partial charge on any atom is 0.151 e. The van der Waals surface area contributed by atoms with Crippen molar-refractivity contribution < 1.29 is 4.52 Å². The standard InChI is InChI=1S/C17H21N5OS/c1-12-11-24-17(19-12)13-3-5-22(6-4-13)10-15-7-16(20-23-15)14-8-18-21(2)9-14/h7-9,11,13H,3-6,10H2,1-2H3. The normalized spacial score (nSPS) is 16.8. The molecule has 3 aromatic rings. The third-order valence-electron chi connectivity index (χ3n) is 4.51. The fourth-order valence-electron chi connectivity index (χ4n) is 3.20. The highest BCUT2D eigenvalue weighted by Crippen LogP contribution is 2.31. The molecule has 6 nitrogen and oxygen atoms in total. The van der Waals surface area contributed by atoms with Crippen molar-refractivity contribution in [3.8, 4) is 11.3 Å². The van der Waals surface area contributed by atoms with Crippen molar-refractivity contribution in [2.45, 2.75) is 32.2 Å². The summed E-state index contributed by atoms with van der Waals surface area (Å²) in [6, 6.07) is 2.02. The van der Waals surface area contributed by atoms with Gasteiger partial charge in [-0.05, 0) is 32.9 Å². The van der Waals surface area contributed by atoms with Crippen LogP contribution < -0.4 is 0 Å². The van der Waals surface area contributed by atoms with Gasteiger partial charge in [0, 0.05) is 41.9 Å². The largest absolute Gasteiger partial charge is 0.359 e. The molecule has 1 fully saturated rings. The average molecular weight is 343 g/mol. The van der Waals surface area contributed by atoms with E-state index in [0.29, 0.717) is 5.92 Å².